The highest BCUT2D eigenvalue weighted by Gasteiger charge is 2.12. The predicted octanol–water partition coefficient (Wildman–Crippen LogP) is 2.86. The van der Waals surface area contributed by atoms with Crippen LogP contribution in [-0.2, 0) is 0 Å². The van der Waals surface area contributed by atoms with Crippen LogP contribution in [-0.4, -0.2) is 29.3 Å². The van der Waals surface area contributed by atoms with E-state index in [0.29, 0.717) is 12.1 Å². The van der Waals surface area contributed by atoms with Crippen LogP contribution in [0.25, 0.3) is 0 Å². The van der Waals surface area contributed by atoms with Crippen LogP contribution in [0.1, 0.15) is 36.5 Å². The van der Waals surface area contributed by atoms with Crippen molar-refractivity contribution in [2.45, 2.75) is 26.2 Å². The largest absolute Gasteiger partial charge is 0.342 e. The topological polar surface area (TPSA) is 63.5 Å². The van der Waals surface area contributed by atoms with Gasteiger partial charge in [0.25, 0.3) is 11.6 Å². The van der Waals surface area contributed by atoms with Crippen LogP contribution >= 0.6 is 0 Å². The number of amides is 1. The lowest BCUT2D eigenvalue weighted by Gasteiger charge is -2.16. The van der Waals surface area contributed by atoms with Crippen molar-refractivity contribution in [2.75, 3.05) is 13.6 Å². The van der Waals surface area contributed by atoms with E-state index in [-0.39, 0.29) is 11.6 Å². The SMILES string of the molecule is CCCCCN(C)C(=O)c1ccc([N+](=O)[O-])cc1. The van der Waals surface area contributed by atoms with E-state index in [1.165, 1.54) is 24.3 Å². The van der Waals surface area contributed by atoms with Gasteiger partial charge in [-0.15, -0.1) is 0 Å². The molecular weight excluding hydrogens is 232 g/mol. The number of hydrogen-bond donors (Lipinski definition) is 0. The van der Waals surface area contributed by atoms with Crippen LogP contribution in [0.2, 0.25) is 0 Å². The minimum atomic E-state index is -0.473. The summed E-state index contributed by atoms with van der Waals surface area (Å²) in [7, 11) is 1.75. The van der Waals surface area contributed by atoms with Gasteiger partial charge in [0.15, 0.2) is 0 Å². The summed E-state index contributed by atoms with van der Waals surface area (Å²) in [6.07, 6.45) is 3.18. The van der Waals surface area contributed by atoms with Gasteiger partial charge < -0.3 is 4.90 Å². The van der Waals surface area contributed by atoms with Gasteiger partial charge in [0.1, 0.15) is 0 Å². The van der Waals surface area contributed by atoms with E-state index >= 15 is 0 Å². The molecule has 5 heteroatoms. The first-order valence-electron chi connectivity index (χ1n) is 6.06. The van der Waals surface area contributed by atoms with Crippen molar-refractivity contribution in [1.29, 1.82) is 0 Å². The van der Waals surface area contributed by atoms with E-state index in [0.717, 1.165) is 19.3 Å². The Balaban J connectivity index is 2.63. The molecule has 0 N–H and O–H groups in total. The number of nitro benzene ring substituents is 1. The minimum Gasteiger partial charge on any atom is -0.342 e. The quantitative estimate of drug-likeness (QED) is 0.443. The molecule has 1 aromatic rings. The van der Waals surface area contributed by atoms with E-state index < -0.39 is 4.92 Å². The molecule has 5 nitrogen and oxygen atoms in total. The molecule has 0 aliphatic heterocycles. The molecule has 0 aliphatic carbocycles. The lowest BCUT2D eigenvalue weighted by molar-refractivity contribution is -0.384. The van der Waals surface area contributed by atoms with Crippen molar-refractivity contribution in [3.05, 3.63) is 39.9 Å². The molecule has 0 radical (unpaired) electrons. The van der Waals surface area contributed by atoms with Crippen molar-refractivity contribution >= 4 is 11.6 Å². The van der Waals surface area contributed by atoms with Gasteiger partial charge in [-0.25, -0.2) is 0 Å². The number of unbranched alkanes of at least 4 members (excludes halogenated alkanes) is 2. The molecule has 0 fully saturated rings. The molecule has 0 atom stereocenters. The minimum absolute atomic E-state index is 0.000172. The Morgan fingerprint density at radius 2 is 1.89 bits per heavy atom. The molecule has 0 aliphatic rings. The number of nitrogens with zero attached hydrogens (tertiary/aromatic N) is 2. The normalized spacial score (nSPS) is 10.1. The first-order chi connectivity index (χ1) is 8.56. The third-order valence-corrected chi connectivity index (χ3v) is 2.77. The summed E-state index contributed by atoms with van der Waals surface area (Å²) in [5.74, 6) is -0.0963. The molecule has 1 rings (SSSR count). The van der Waals surface area contributed by atoms with Crippen molar-refractivity contribution in [3.8, 4) is 0 Å². The second kappa shape index (κ2) is 6.74. The molecule has 0 spiro atoms. The van der Waals surface area contributed by atoms with Crippen molar-refractivity contribution in [3.63, 3.8) is 0 Å². The molecule has 98 valence electrons. The first kappa shape index (κ1) is 14.2. The highest BCUT2D eigenvalue weighted by Crippen LogP contribution is 2.13. The number of carbonyl (C=O) groups is 1. The molecule has 0 saturated carbocycles. The lowest BCUT2D eigenvalue weighted by Crippen LogP contribution is -2.27. The maximum atomic E-state index is 12.0. The Morgan fingerprint density at radius 1 is 1.28 bits per heavy atom. The maximum Gasteiger partial charge on any atom is 0.269 e. The molecule has 1 aromatic carbocycles. The number of carbonyl (C=O) groups excluding carboxylic acids is 1. The molecule has 18 heavy (non-hydrogen) atoms. The van der Waals surface area contributed by atoms with E-state index in [2.05, 4.69) is 6.92 Å². The summed E-state index contributed by atoms with van der Waals surface area (Å²) >= 11 is 0. The summed E-state index contributed by atoms with van der Waals surface area (Å²) in [5.41, 5.74) is 0.486. The number of hydrogen-bond acceptors (Lipinski definition) is 3. The molecule has 0 bridgehead atoms. The summed E-state index contributed by atoms with van der Waals surface area (Å²) in [4.78, 5) is 23.7. The van der Waals surface area contributed by atoms with Crippen molar-refractivity contribution in [2.24, 2.45) is 0 Å². The first-order valence-corrected chi connectivity index (χ1v) is 6.06. The monoisotopic (exact) mass is 250 g/mol. The van der Waals surface area contributed by atoms with E-state index in [9.17, 15) is 14.9 Å². The van der Waals surface area contributed by atoms with E-state index in [4.69, 9.17) is 0 Å². The van der Waals surface area contributed by atoms with Gasteiger partial charge in [0, 0.05) is 31.3 Å². The van der Waals surface area contributed by atoms with Crippen LogP contribution < -0.4 is 0 Å². The third-order valence-electron chi connectivity index (χ3n) is 2.77. The predicted molar refractivity (Wildman–Crippen MR) is 69.6 cm³/mol. The fraction of sp³-hybridized carbons (Fsp3) is 0.462. The molecular formula is C13H18N2O3. The standard InChI is InChI=1S/C13H18N2O3/c1-3-4-5-10-14(2)13(16)11-6-8-12(9-7-11)15(17)18/h6-9H,3-5,10H2,1-2H3. The molecule has 0 heterocycles. The Morgan fingerprint density at radius 3 is 2.39 bits per heavy atom. The molecule has 0 saturated heterocycles. The fourth-order valence-electron chi connectivity index (χ4n) is 1.65. The second-order valence-corrected chi connectivity index (χ2v) is 4.24. The number of non-ortho nitro benzene ring substituents is 1. The van der Waals surface area contributed by atoms with Crippen molar-refractivity contribution < 1.29 is 9.72 Å². The lowest BCUT2D eigenvalue weighted by atomic mass is 10.1. The second-order valence-electron chi connectivity index (χ2n) is 4.24. The molecule has 1 amide bonds. The zero-order valence-electron chi connectivity index (χ0n) is 10.8. The zero-order valence-corrected chi connectivity index (χ0v) is 10.8. The van der Waals surface area contributed by atoms with Crippen LogP contribution in [0, 0.1) is 10.1 Å². The van der Waals surface area contributed by atoms with Crippen LogP contribution in [0.4, 0.5) is 5.69 Å². The summed E-state index contributed by atoms with van der Waals surface area (Å²) in [6.45, 7) is 2.82. The van der Waals surface area contributed by atoms with E-state index in [1.807, 2.05) is 0 Å². The van der Waals surface area contributed by atoms with Crippen LogP contribution in [0.3, 0.4) is 0 Å². The summed E-state index contributed by atoms with van der Waals surface area (Å²) in [6, 6.07) is 5.70. The van der Waals surface area contributed by atoms with Crippen LogP contribution in [0.5, 0.6) is 0 Å². The summed E-state index contributed by atoms with van der Waals surface area (Å²) in [5, 5.41) is 10.5. The van der Waals surface area contributed by atoms with Crippen molar-refractivity contribution in [1.82, 2.24) is 4.90 Å². The summed E-state index contributed by atoms with van der Waals surface area (Å²) < 4.78 is 0. The van der Waals surface area contributed by atoms with Gasteiger partial charge in [-0.3, -0.25) is 14.9 Å². The Hall–Kier alpha value is -1.91. The number of benzene rings is 1. The highest BCUT2D eigenvalue weighted by molar-refractivity contribution is 5.94. The Kier molecular flexibility index (Phi) is 5.30. The molecule has 0 aromatic heterocycles. The fourth-order valence-corrected chi connectivity index (χ4v) is 1.65. The van der Waals surface area contributed by atoms with Gasteiger partial charge in [-0.05, 0) is 18.6 Å². The zero-order chi connectivity index (χ0) is 13.5. The van der Waals surface area contributed by atoms with Gasteiger partial charge >= 0.3 is 0 Å². The third kappa shape index (κ3) is 3.84. The average Bonchev–Trinajstić information content (AvgIpc) is 2.38. The number of nitro groups is 1. The van der Waals surface area contributed by atoms with Gasteiger partial charge in [-0.2, -0.15) is 0 Å². The molecule has 0 unspecified atom stereocenters. The maximum absolute atomic E-state index is 12.0. The average molecular weight is 250 g/mol. The van der Waals surface area contributed by atoms with Gasteiger partial charge in [-0.1, -0.05) is 19.8 Å². The van der Waals surface area contributed by atoms with Crippen LogP contribution in [0.15, 0.2) is 24.3 Å². The van der Waals surface area contributed by atoms with E-state index in [1.54, 1.807) is 11.9 Å². The van der Waals surface area contributed by atoms with Gasteiger partial charge in [0.2, 0.25) is 0 Å². The number of rotatable bonds is 6. The Labute approximate surface area is 107 Å². The Bertz CT molecular complexity index is 415. The highest BCUT2D eigenvalue weighted by atomic mass is 16.6. The van der Waals surface area contributed by atoms with Gasteiger partial charge in [0.05, 0.1) is 4.92 Å². The smallest absolute Gasteiger partial charge is 0.269 e.